The summed E-state index contributed by atoms with van der Waals surface area (Å²) in [7, 11) is -54.6. The maximum absolute atomic E-state index is 9.85. The standard InChI is InChI=1S/6C8H20N4.6CH6O6P2/c6*1-2-10-5-6-12-8-7-11-4-3-9-1;6*2-8(3,4)1-9(5,6)7/h6*9-12H,1-8H2;6*1H2,(H2,2,3,4)(H2,5,6,7). The molecule has 0 aromatic heterocycles. The van der Waals surface area contributed by atoms with Crippen LogP contribution in [0.25, 0.3) is 0 Å². The average molecular weight is 2090 g/mol. The summed E-state index contributed by atoms with van der Waals surface area (Å²) in [5.74, 6) is -8.25. The van der Waals surface area contributed by atoms with Gasteiger partial charge in [0.1, 0.15) is 0 Å². The van der Waals surface area contributed by atoms with Crippen LogP contribution in [0.1, 0.15) is 0 Å². The fourth-order valence-electron chi connectivity index (χ4n) is 8.68. The van der Waals surface area contributed by atoms with Gasteiger partial charge in [-0.2, -0.15) is 0 Å². The Labute approximate surface area is 737 Å². The van der Waals surface area contributed by atoms with Crippen molar-refractivity contribution in [1.29, 1.82) is 0 Å². The molecule has 0 spiro atoms. The molecule has 6 rings (SSSR count). The Morgan fingerprint density at radius 3 is 0.143 bits per heavy atom. The first-order chi connectivity index (χ1) is 58.2. The number of hydrogen-bond acceptors (Lipinski definition) is 36. The summed E-state index contributed by atoms with van der Waals surface area (Å²) in [4.78, 5) is 191. The molecular formula is C54H156N24O36P12. The predicted octanol–water partition coefficient (Wildman–Crippen LogP) is -14.1. The van der Waals surface area contributed by atoms with Gasteiger partial charge in [0.2, 0.25) is 0 Å². The lowest BCUT2D eigenvalue weighted by Gasteiger charge is -2.11. The van der Waals surface area contributed by atoms with Crippen molar-refractivity contribution in [1.82, 2.24) is 128 Å². The van der Waals surface area contributed by atoms with Crippen molar-refractivity contribution in [3.8, 4) is 0 Å². The minimum Gasteiger partial charge on any atom is -0.324 e. The minimum atomic E-state index is -4.55. The van der Waals surface area contributed by atoms with Gasteiger partial charge in [0.15, 0.2) is 35.4 Å². The van der Waals surface area contributed by atoms with Gasteiger partial charge >= 0.3 is 91.1 Å². The molecule has 0 atom stereocenters. The van der Waals surface area contributed by atoms with Crippen LogP contribution in [-0.4, -0.2) is 467 Å². The van der Waals surface area contributed by atoms with Crippen LogP contribution >= 0.6 is 91.1 Å². The Bertz CT molecular complexity index is 2220. The summed E-state index contributed by atoms with van der Waals surface area (Å²) in [5, 5.41) is 80.6. The molecule has 48 N–H and O–H groups in total. The smallest absolute Gasteiger partial charge is 0.324 e. The molecule has 60 nitrogen and oxygen atoms in total. The molecule has 6 heterocycles. The third-order valence-electron chi connectivity index (χ3n) is 13.7. The number of hydrogen-bond donors (Lipinski definition) is 48. The lowest BCUT2D eigenvalue weighted by molar-refractivity contribution is 0.352. The van der Waals surface area contributed by atoms with E-state index in [-0.39, 0.29) is 0 Å². The van der Waals surface area contributed by atoms with E-state index in [0.717, 1.165) is 314 Å². The second-order valence-electron chi connectivity index (χ2n) is 26.8. The summed E-state index contributed by atoms with van der Waals surface area (Å²) in [5.41, 5.74) is 0. The highest BCUT2D eigenvalue weighted by molar-refractivity contribution is 7.71. The van der Waals surface area contributed by atoms with Crippen LogP contribution in [0, 0.1) is 0 Å². The first kappa shape index (κ1) is 138. The number of nitrogens with one attached hydrogen (secondary N) is 24. The highest BCUT2D eigenvalue weighted by Crippen LogP contribution is 2.55. The number of rotatable bonds is 12. The quantitative estimate of drug-likeness (QED) is 0.0807. The van der Waals surface area contributed by atoms with E-state index in [1.165, 1.54) is 0 Å². The predicted molar refractivity (Wildman–Crippen MR) is 483 cm³/mol. The minimum absolute atomic E-state index is 1.07. The van der Waals surface area contributed by atoms with E-state index in [0.29, 0.717) is 0 Å². The van der Waals surface area contributed by atoms with Crippen LogP contribution < -0.4 is 128 Å². The van der Waals surface area contributed by atoms with E-state index in [1.54, 1.807) is 0 Å². The Balaban J connectivity index is -0.000000313. The molecule has 6 aliphatic heterocycles. The lowest BCUT2D eigenvalue weighted by Crippen LogP contribution is -2.39. The molecule has 0 aromatic rings. The summed E-state index contributed by atoms with van der Waals surface area (Å²) >= 11 is 0. The maximum Gasteiger partial charge on any atom is 0.337 e. The molecule has 6 aliphatic rings. The zero-order valence-corrected chi connectivity index (χ0v) is 81.9. The van der Waals surface area contributed by atoms with Gasteiger partial charge in [0, 0.05) is 314 Å². The van der Waals surface area contributed by atoms with Crippen molar-refractivity contribution >= 4 is 91.1 Å². The van der Waals surface area contributed by atoms with Gasteiger partial charge < -0.3 is 245 Å². The molecule has 0 saturated carbocycles. The Morgan fingerprint density at radius 1 is 0.0952 bits per heavy atom. The molecular weight excluding hydrogens is 1930 g/mol. The second kappa shape index (κ2) is 86.2. The molecule has 6 saturated heterocycles. The van der Waals surface area contributed by atoms with Crippen molar-refractivity contribution in [3.05, 3.63) is 0 Å². The molecule has 0 bridgehead atoms. The summed E-state index contributed by atoms with van der Waals surface area (Å²) in [6, 6.07) is 0. The van der Waals surface area contributed by atoms with Gasteiger partial charge in [-0.3, -0.25) is 54.8 Å². The van der Waals surface area contributed by atoms with Gasteiger partial charge in [0.25, 0.3) is 0 Å². The van der Waals surface area contributed by atoms with Gasteiger partial charge in [0.05, 0.1) is 0 Å². The van der Waals surface area contributed by atoms with Crippen LogP contribution in [0.5, 0.6) is 0 Å². The third-order valence-corrected chi connectivity index (χ3v) is 31.4. The Kier molecular flexibility index (Phi) is 94.1. The van der Waals surface area contributed by atoms with E-state index in [4.69, 9.17) is 117 Å². The van der Waals surface area contributed by atoms with E-state index < -0.39 is 127 Å². The molecule has 0 aromatic carbocycles. The summed E-state index contributed by atoms with van der Waals surface area (Å²) < 4.78 is 118. The SMILES string of the molecule is C1CNCCNCCNCCN1.C1CNCCNCCNCCN1.C1CNCCNCCNCCN1.C1CNCCNCCNCCN1.C1CNCCNCCNCCN1.C1CNCCNCCNCCN1.O=P(O)(O)CP(=O)(O)O.O=P(O)(O)CP(=O)(O)O.O=P(O)(O)CP(=O)(O)O.O=P(O)(O)CP(=O)(O)O.O=P(O)(O)CP(=O)(O)O.O=P(O)(O)CP(=O)(O)O. The first-order valence-corrected chi connectivity index (χ1v) is 61.3. The van der Waals surface area contributed by atoms with Crippen LogP contribution in [0.2, 0.25) is 0 Å². The van der Waals surface area contributed by atoms with Crippen LogP contribution in [-0.2, 0) is 54.8 Å². The van der Waals surface area contributed by atoms with Crippen LogP contribution in [0.15, 0.2) is 0 Å². The second-order valence-corrected chi connectivity index (χ2v) is 49.6. The average Bonchev–Trinajstić information content (AvgIpc) is 0.943. The molecule has 0 aliphatic carbocycles. The normalized spacial score (nSPS) is 19.6. The van der Waals surface area contributed by atoms with E-state index >= 15 is 0 Å². The van der Waals surface area contributed by atoms with Crippen molar-refractivity contribution in [2.75, 3.05) is 350 Å². The van der Waals surface area contributed by atoms with Crippen molar-refractivity contribution < 1.29 is 172 Å². The van der Waals surface area contributed by atoms with E-state index in [2.05, 4.69) is 128 Å². The molecule has 0 radical (unpaired) electrons. The van der Waals surface area contributed by atoms with Crippen molar-refractivity contribution in [2.45, 2.75) is 0 Å². The molecule has 6 fully saturated rings. The zero-order chi connectivity index (χ0) is 97.2. The molecule has 72 heteroatoms. The summed E-state index contributed by atoms with van der Waals surface area (Å²) in [6.45, 7) is 51.4. The monoisotopic (exact) mass is 2090 g/mol. The Morgan fingerprint density at radius 2 is 0.127 bits per heavy atom. The lowest BCUT2D eigenvalue weighted by atomic mass is 10.4. The molecule has 768 valence electrons. The van der Waals surface area contributed by atoms with Crippen molar-refractivity contribution in [3.63, 3.8) is 0 Å². The molecule has 126 heavy (non-hydrogen) atoms. The van der Waals surface area contributed by atoms with Gasteiger partial charge in [-0.1, -0.05) is 0 Å². The van der Waals surface area contributed by atoms with Gasteiger partial charge in [-0.25, -0.2) is 0 Å². The van der Waals surface area contributed by atoms with E-state index in [1.807, 2.05) is 0 Å². The van der Waals surface area contributed by atoms with Gasteiger partial charge in [-0.05, 0) is 0 Å². The van der Waals surface area contributed by atoms with Gasteiger partial charge in [-0.15, -0.1) is 0 Å². The highest BCUT2D eigenvalue weighted by atomic mass is 31.3. The van der Waals surface area contributed by atoms with E-state index in [9.17, 15) is 54.8 Å². The third kappa shape index (κ3) is 162. The van der Waals surface area contributed by atoms with Crippen molar-refractivity contribution in [2.24, 2.45) is 0 Å². The largest absolute Gasteiger partial charge is 0.337 e. The van der Waals surface area contributed by atoms with Crippen LogP contribution in [0.4, 0.5) is 0 Å². The first-order valence-electron chi connectivity index (χ1n) is 39.8. The maximum atomic E-state index is 9.85. The fourth-order valence-corrected chi connectivity index (χ4v) is 20.2. The molecule has 0 amide bonds. The Hall–Kier alpha value is 0.840. The zero-order valence-electron chi connectivity index (χ0n) is 71.2. The fraction of sp³-hybridized carbons (Fsp3) is 1.00. The van der Waals surface area contributed by atoms with Crippen LogP contribution in [0.3, 0.4) is 0 Å². The summed E-state index contributed by atoms with van der Waals surface area (Å²) in [6.07, 6.45) is 0. The highest BCUT2D eigenvalue weighted by Gasteiger charge is 2.31. The molecule has 0 unspecified atom stereocenters. The topological polar surface area (TPSA) is 979 Å².